The first-order chi connectivity index (χ1) is 20.7. The molecule has 5 rings (SSSR count). The van der Waals surface area contributed by atoms with Crippen LogP contribution in [0.4, 0.5) is 4.39 Å². The van der Waals surface area contributed by atoms with Gasteiger partial charge < -0.3 is 10.2 Å². The molecule has 43 heavy (non-hydrogen) atoms. The third-order valence-corrected chi connectivity index (χ3v) is 9.83. The molecule has 7 nitrogen and oxygen atoms in total. The van der Waals surface area contributed by atoms with E-state index in [1.165, 1.54) is 30.1 Å². The minimum atomic E-state index is -4.03. The molecule has 0 bridgehead atoms. The lowest BCUT2D eigenvalue weighted by atomic mass is 10.0. The molecule has 0 radical (unpaired) electrons. The summed E-state index contributed by atoms with van der Waals surface area (Å²) in [5.41, 5.74) is 1.49. The predicted octanol–water partition coefficient (Wildman–Crippen LogP) is 5.30. The molecule has 4 aromatic carbocycles. The first-order valence-corrected chi connectivity index (χ1v) is 16.0. The minimum Gasteiger partial charge on any atom is -0.352 e. The molecule has 0 heterocycles. The molecular formula is C34H36FN3O4S. The topological polar surface area (TPSA) is 86.8 Å². The fraction of sp³-hybridized carbons (Fsp3) is 0.294. The lowest BCUT2D eigenvalue weighted by Crippen LogP contribution is -2.54. The van der Waals surface area contributed by atoms with Crippen LogP contribution in [0.15, 0.2) is 102 Å². The van der Waals surface area contributed by atoms with Crippen molar-refractivity contribution >= 4 is 32.6 Å². The lowest BCUT2D eigenvalue weighted by Gasteiger charge is -2.33. The highest BCUT2D eigenvalue weighted by Crippen LogP contribution is 2.23. The second-order valence-corrected chi connectivity index (χ2v) is 13.2. The summed E-state index contributed by atoms with van der Waals surface area (Å²) in [6.07, 6.45) is 4.06. The predicted molar refractivity (Wildman–Crippen MR) is 165 cm³/mol. The number of nitrogens with zero attached hydrogens (tertiary/aromatic N) is 2. The van der Waals surface area contributed by atoms with Gasteiger partial charge in [0.15, 0.2) is 0 Å². The van der Waals surface area contributed by atoms with Crippen LogP contribution in [0.3, 0.4) is 0 Å². The average Bonchev–Trinajstić information content (AvgIpc) is 3.53. The van der Waals surface area contributed by atoms with Crippen LogP contribution in [0.25, 0.3) is 10.8 Å². The molecular weight excluding hydrogens is 565 g/mol. The van der Waals surface area contributed by atoms with Crippen LogP contribution >= 0.6 is 0 Å². The van der Waals surface area contributed by atoms with E-state index in [2.05, 4.69) is 5.32 Å². The second kappa shape index (κ2) is 13.5. The van der Waals surface area contributed by atoms with Crippen LogP contribution in [0.2, 0.25) is 0 Å². The number of amides is 2. The van der Waals surface area contributed by atoms with Gasteiger partial charge in [-0.05, 0) is 59.0 Å². The molecule has 1 atom stereocenters. The quantitative estimate of drug-likeness (QED) is 0.253. The fourth-order valence-electron chi connectivity index (χ4n) is 5.58. The zero-order valence-corrected chi connectivity index (χ0v) is 25.0. The SMILES string of the molecule is CN(CC(=O)N(Cc1ccc(F)cc1)[C@H](Cc1ccccc1)C(=O)NC1CCCC1)S(=O)(=O)c1ccc2ccccc2c1. The molecule has 4 aromatic rings. The van der Waals surface area contributed by atoms with Gasteiger partial charge in [-0.2, -0.15) is 4.31 Å². The molecule has 0 aromatic heterocycles. The maximum absolute atomic E-state index is 14.1. The highest BCUT2D eigenvalue weighted by Gasteiger charge is 2.34. The van der Waals surface area contributed by atoms with Gasteiger partial charge in [0.25, 0.3) is 0 Å². The normalized spacial score (nSPS) is 14.6. The van der Waals surface area contributed by atoms with Crippen LogP contribution in [0.5, 0.6) is 0 Å². The average molecular weight is 602 g/mol. The molecule has 1 aliphatic carbocycles. The molecule has 1 fully saturated rings. The Morgan fingerprint density at radius 3 is 2.21 bits per heavy atom. The number of hydrogen-bond acceptors (Lipinski definition) is 4. The zero-order chi connectivity index (χ0) is 30.4. The summed E-state index contributed by atoms with van der Waals surface area (Å²) in [6, 6.07) is 26.6. The van der Waals surface area contributed by atoms with Crippen molar-refractivity contribution in [1.29, 1.82) is 0 Å². The van der Waals surface area contributed by atoms with Gasteiger partial charge in [0.1, 0.15) is 11.9 Å². The van der Waals surface area contributed by atoms with E-state index in [9.17, 15) is 22.4 Å². The maximum Gasteiger partial charge on any atom is 0.243 e. The van der Waals surface area contributed by atoms with Gasteiger partial charge in [0.05, 0.1) is 11.4 Å². The largest absolute Gasteiger partial charge is 0.352 e. The number of carbonyl (C=O) groups is 2. The van der Waals surface area contributed by atoms with Crippen LogP contribution in [0, 0.1) is 5.82 Å². The molecule has 0 aliphatic heterocycles. The molecule has 0 unspecified atom stereocenters. The summed E-state index contributed by atoms with van der Waals surface area (Å²) in [4.78, 5) is 29.4. The van der Waals surface area contributed by atoms with E-state index in [4.69, 9.17) is 0 Å². The molecule has 1 N–H and O–H groups in total. The Labute approximate surface area is 252 Å². The third kappa shape index (κ3) is 7.47. The highest BCUT2D eigenvalue weighted by molar-refractivity contribution is 7.89. The van der Waals surface area contributed by atoms with Crippen molar-refractivity contribution in [2.45, 2.75) is 55.6 Å². The Kier molecular flexibility index (Phi) is 9.52. The summed E-state index contributed by atoms with van der Waals surface area (Å²) in [5, 5.41) is 4.81. The number of hydrogen-bond donors (Lipinski definition) is 1. The number of benzene rings is 4. The summed E-state index contributed by atoms with van der Waals surface area (Å²) in [5.74, 6) is -1.23. The Hall–Kier alpha value is -4.08. The van der Waals surface area contributed by atoms with Crippen LogP contribution in [-0.2, 0) is 32.6 Å². The maximum atomic E-state index is 14.1. The van der Waals surface area contributed by atoms with Crippen molar-refractivity contribution in [3.63, 3.8) is 0 Å². The first kappa shape index (κ1) is 30.4. The molecule has 224 valence electrons. The van der Waals surface area contributed by atoms with E-state index in [-0.39, 0.29) is 29.8 Å². The van der Waals surface area contributed by atoms with Crippen molar-refractivity contribution < 1.29 is 22.4 Å². The van der Waals surface area contributed by atoms with Crippen LogP contribution in [0.1, 0.15) is 36.8 Å². The van der Waals surface area contributed by atoms with Gasteiger partial charge in [-0.1, -0.05) is 85.6 Å². The van der Waals surface area contributed by atoms with E-state index in [0.717, 1.165) is 46.3 Å². The van der Waals surface area contributed by atoms with Gasteiger partial charge in [-0.25, -0.2) is 12.8 Å². The third-order valence-electron chi connectivity index (χ3n) is 8.03. The zero-order valence-electron chi connectivity index (χ0n) is 24.2. The minimum absolute atomic E-state index is 0.0125. The van der Waals surface area contributed by atoms with Gasteiger partial charge >= 0.3 is 0 Å². The number of nitrogens with one attached hydrogen (secondary N) is 1. The number of halogens is 1. The Morgan fingerprint density at radius 1 is 0.860 bits per heavy atom. The van der Waals surface area contributed by atoms with Gasteiger partial charge in [0, 0.05) is 26.1 Å². The second-order valence-electron chi connectivity index (χ2n) is 11.1. The van der Waals surface area contributed by atoms with Crippen molar-refractivity contribution in [3.8, 4) is 0 Å². The molecule has 2 amide bonds. The van der Waals surface area contributed by atoms with Crippen LogP contribution < -0.4 is 5.32 Å². The monoisotopic (exact) mass is 601 g/mol. The Bertz CT molecular complexity index is 1670. The molecule has 9 heteroatoms. The number of carbonyl (C=O) groups excluding carboxylic acids is 2. The number of rotatable bonds is 11. The lowest BCUT2D eigenvalue weighted by molar-refractivity contribution is -0.141. The smallest absolute Gasteiger partial charge is 0.243 e. The number of sulfonamides is 1. The van der Waals surface area contributed by atoms with Crippen molar-refractivity contribution in [2.24, 2.45) is 0 Å². The van der Waals surface area contributed by atoms with E-state index in [1.807, 2.05) is 54.6 Å². The summed E-state index contributed by atoms with van der Waals surface area (Å²) < 4.78 is 41.9. The standard InChI is InChI=1S/C34H36FN3O4S/c1-37(43(41,42)31-20-17-27-11-5-6-12-28(27)22-31)24-33(39)38(23-26-15-18-29(35)19-16-26)32(21-25-9-3-2-4-10-25)34(40)36-30-13-7-8-14-30/h2-6,9-12,15-20,22,30,32H,7-8,13-14,21,23-24H2,1H3,(H,36,40)/t32-/m1/s1. The summed E-state index contributed by atoms with van der Waals surface area (Å²) >= 11 is 0. The van der Waals surface area contributed by atoms with Crippen molar-refractivity contribution in [3.05, 3.63) is 114 Å². The summed E-state index contributed by atoms with van der Waals surface area (Å²) in [7, 11) is -2.66. The number of fused-ring (bicyclic) bond motifs is 1. The summed E-state index contributed by atoms with van der Waals surface area (Å²) in [6.45, 7) is -0.461. The Morgan fingerprint density at radius 2 is 1.51 bits per heavy atom. The van der Waals surface area contributed by atoms with Gasteiger partial charge in [-0.15, -0.1) is 0 Å². The highest BCUT2D eigenvalue weighted by atomic mass is 32.2. The van der Waals surface area contributed by atoms with Crippen molar-refractivity contribution in [2.75, 3.05) is 13.6 Å². The van der Waals surface area contributed by atoms with E-state index >= 15 is 0 Å². The first-order valence-electron chi connectivity index (χ1n) is 14.5. The van der Waals surface area contributed by atoms with E-state index in [0.29, 0.717) is 5.56 Å². The van der Waals surface area contributed by atoms with E-state index < -0.39 is 34.3 Å². The Balaban J connectivity index is 1.45. The fourth-order valence-corrected chi connectivity index (χ4v) is 6.74. The number of likely N-dealkylation sites (N-methyl/N-ethyl adjacent to an activating group) is 1. The van der Waals surface area contributed by atoms with E-state index in [1.54, 1.807) is 24.3 Å². The molecule has 1 aliphatic rings. The molecule has 1 saturated carbocycles. The van der Waals surface area contributed by atoms with Crippen molar-refractivity contribution in [1.82, 2.24) is 14.5 Å². The van der Waals surface area contributed by atoms with Gasteiger partial charge in [-0.3, -0.25) is 9.59 Å². The van der Waals surface area contributed by atoms with Crippen LogP contribution in [-0.4, -0.2) is 55.1 Å². The molecule has 0 saturated heterocycles. The van der Waals surface area contributed by atoms with Gasteiger partial charge in [0.2, 0.25) is 21.8 Å². The molecule has 0 spiro atoms.